The number of hydrogen-bond donors (Lipinski definition) is 3. The number of alkyl carbamates (subject to hydrolysis) is 1. The fourth-order valence-electron chi connectivity index (χ4n) is 3.16. The molecule has 0 radical (unpaired) electrons. The van der Waals surface area contributed by atoms with Gasteiger partial charge in [0.15, 0.2) is 0 Å². The summed E-state index contributed by atoms with van der Waals surface area (Å²) in [6.07, 6.45) is -1.92. The number of ether oxygens (including phenoxy) is 2. The van der Waals surface area contributed by atoms with Crippen LogP contribution >= 0.6 is 11.3 Å². The number of carbonyl (C=O) groups excluding carboxylic acids is 2. The Labute approximate surface area is 190 Å². The van der Waals surface area contributed by atoms with Gasteiger partial charge >= 0.3 is 12.2 Å². The molecule has 1 heterocycles. The summed E-state index contributed by atoms with van der Waals surface area (Å²) in [7, 11) is 0. The average molecular weight is 456 g/mol. The van der Waals surface area contributed by atoms with Crippen molar-refractivity contribution in [3.8, 4) is 0 Å². The first-order valence-electron chi connectivity index (χ1n) is 10.1. The lowest BCUT2D eigenvalue weighted by atomic mass is 10.0. The Morgan fingerprint density at radius 2 is 1.62 bits per heavy atom. The summed E-state index contributed by atoms with van der Waals surface area (Å²) >= 11 is 1.39. The van der Waals surface area contributed by atoms with E-state index in [0.717, 1.165) is 16.0 Å². The smallest absolute Gasteiger partial charge is 0.407 e. The van der Waals surface area contributed by atoms with Crippen LogP contribution in [0.2, 0.25) is 0 Å². The number of amides is 2. The largest absolute Gasteiger partial charge is 0.443 e. The molecule has 3 atom stereocenters. The van der Waals surface area contributed by atoms with Gasteiger partial charge in [0.25, 0.3) is 0 Å². The van der Waals surface area contributed by atoms with Gasteiger partial charge in [0.2, 0.25) is 0 Å². The molecule has 3 unspecified atom stereocenters. The predicted octanol–water partition coefficient (Wildman–Crippen LogP) is 3.22. The molecule has 2 amide bonds. The van der Waals surface area contributed by atoms with Gasteiger partial charge in [0.1, 0.15) is 18.3 Å². The number of aliphatic hydroxyl groups excluding tert-OH is 1. The number of aliphatic hydroxyl groups is 1. The van der Waals surface area contributed by atoms with Crippen molar-refractivity contribution < 1.29 is 24.2 Å². The fourth-order valence-corrected chi connectivity index (χ4v) is 3.80. The van der Waals surface area contributed by atoms with Gasteiger partial charge < -0.3 is 25.6 Å². The lowest BCUT2D eigenvalue weighted by molar-refractivity contribution is 0.00628. The van der Waals surface area contributed by atoms with Crippen LogP contribution in [0.3, 0.4) is 0 Å². The molecule has 32 heavy (non-hydrogen) atoms. The number of nitrogens with one attached hydrogen (secondary N) is 1. The summed E-state index contributed by atoms with van der Waals surface area (Å²) < 4.78 is 10.7. The SMILES string of the molecule is NC(=O)OC(Cc1ccccc1)C(O)CNC(=O)OC(Cc1ccccc1)c1cncs1. The minimum absolute atomic E-state index is 0.176. The van der Waals surface area contributed by atoms with Gasteiger partial charge in [0.05, 0.1) is 16.9 Å². The van der Waals surface area contributed by atoms with Crippen molar-refractivity contribution in [1.82, 2.24) is 10.3 Å². The molecule has 3 aromatic rings. The third-order valence-corrected chi connectivity index (χ3v) is 5.58. The number of nitrogens with zero attached hydrogens (tertiary/aromatic N) is 1. The molecule has 0 aliphatic heterocycles. The molecule has 0 aliphatic rings. The van der Waals surface area contributed by atoms with Gasteiger partial charge in [-0.25, -0.2) is 9.59 Å². The van der Waals surface area contributed by atoms with Gasteiger partial charge in [-0.3, -0.25) is 4.98 Å². The molecule has 0 spiro atoms. The van der Waals surface area contributed by atoms with Crippen molar-refractivity contribution in [3.63, 3.8) is 0 Å². The third-order valence-electron chi connectivity index (χ3n) is 4.71. The average Bonchev–Trinajstić information content (AvgIpc) is 3.33. The molecule has 0 saturated heterocycles. The molecular weight excluding hydrogens is 430 g/mol. The first-order valence-corrected chi connectivity index (χ1v) is 10.9. The molecule has 0 bridgehead atoms. The van der Waals surface area contributed by atoms with E-state index in [9.17, 15) is 14.7 Å². The summed E-state index contributed by atoms with van der Waals surface area (Å²) in [5.41, 5.74) is 8.69. The van der Waals surface area contributed by atoms with E-state index in [0.29, 0.717) is 6.42 Å². The Hall–Kier alpha value is -3.43. The minimum atomic E-state index is -1.17. The summed E-state index contributed by atoms with van der Waals surface area (Å²) in [6, 6.07) is 18.9. The Balaban J connectivity index is 1.58. The molecule has 2 aromatic carbocycles. The number of hydrogen-bond acceptors (Lipinski definition) is 7. The van der Waals surface area contributed by atoms with E-state index in [1.165, 1.54) is 11.3 Å². The zero-order chi connectivity index (χ0) is 22.8. The zero-order valence-corrected chi connectivity index (χ0v) is 18.1. The van der Waals surface area contributed by atoms with Crippen LogP contribution in [-0.2, 0) is 22.3 Å². The number of nitrogens with two attached hydrogens (primary N) is 1. The highest BCUT2D eigenvalue weighted by Gasteiger charge is 2.25. The van der Waals surface area contributed by atoms with E-state index in [-0.39, 0.29) is 13.0 Å². The lowest BCUT2D eigenvalue weighted by Gasteiger charge is -2.23. The molecular formula is C23H25N3O5S. The number of benzene rings is 2. The Kier molecular flexibility index (Phi) is 8.59. The van der Waals surface area contributed by atoms with Crippen LogP contribution in [0.1, 0.15) is 22.1 Å². The second-order valence-electron chi connectivity index (χ2n) is 7.10. The van der Waals surface area contributed by atoms with E-state index in [1.807, 2.05) is 60.7 Å². The van der Waals surface area contributed by atoms with Crippen molar-refractivity contribution in [2.75, 3.05) is 6.54 Å². The first-order chi connectivity index (χ1) is 15.5. The van der Waals surface area contributed by atoms with Gasteiger partial charge in [0, 0.05) is 19.0 Å². The third kappa shape index (κ3) is 7.36. The zero-order valence-electron chi connectivity index (χ0n) is 17.3. The van der Waals surface area contributed by atoms with Crippen LogP contribution < -0.4 is 11.1 Å². The Morgan fingerprint density at radius 3 is 2.19 bits per heavy atom. The number of primary amides is 1. The normalized spacial score (nSPS) is 13.5. The van der Waals surface area contributed by atoms with E-state index in [4.69, 9.17) is 15.2 Å². The maximum atomic E-state index is 12.5. The molecule has 9 heteroatoms. The van der Waals surface area contributed by atoms with E-state index in [2.05, 4.69) is 10.3 Å². The van der Waals surface area contributed by atoms with Gasteiger partial charge in [-0.05, 0) is 11.1 Å². The summed E-state index contributed by atoms with van der Waals surface area (Å²) in [5.74, 6) is 0. The maximum absolute atomic E-state index is 12.5. The van der Waals surface area contributed by atoms with Crippen LogP contribution in [0.25, 0.3) is 0 Å². The van der Waals surface area contributed by atoms with Crippen LogP contribution in [-0.4, -0.2) is 41.0 Å². The van der Waals surface area contributed by atoms with Crippen LogP contribution in [0.4, 0.5) is 9.59 Å². The summed E-state index contributed by atoms with van der Waals surface area (Å²) in [4.78, 5) is 28.6. The molecule has 0 saturated carbocycles. The standard InChI is InChI=1S/C23H25N3O5S/c24-22(28)30-19(11-16-7-3-1-4-8-16)18(27)13-26-23(29)31-20(21-14-25-15-32-21)12-17-9-5-2-6-10-17/h1-10,14-15,18-20,27H,11-13H2,(H2,24,28)(H,26,29). The second kappa shape index (κ2) is 11.8. The van der Waals surface area contributed by atoms with Crippen molar-refractivity contribution in [2.45, 2.75) is 31.2 Å². The van der Waals surface area contributed by atoms with Crippen molar-refractivity contribution >= 4 is 23.5 Å². The van der Waals surface area contributed by atoms with E-state index >= 15 is 0 Å². The lowest BCUT2D eigenvalue weighted by Crippen LogP contribution is -2.43. The molecule has 8 nitrogen and oxygen atoms in total. The highest BCUT2D eigenvalue weighted by Crippen LogP contribution is 2.25. The topological polar surface area (TPSA) is 124 Å². The molecule has 0 aliphatic carbocycles. The number of aromatic nitrogens is 1. The molecule has 3 rings (SSSR count). The number of rotatable bonds is 10. The predicted molar refractivity (Wildman–Crippen MR) is 120 cm³/mol. The summed E-state index contributed by atoms with van der Waals surface area (Å²) in [6.45, 7) is -0.176. The Morgan fingerprint density at radius 1 is 1.00 bits per heavy atom. The van der Waals surface area contributed by atoms with Gasteiger partial charge in [-0.2, -0.15) is 0 Å². The second-order valence-corrected chi connectivity index (χ2v) is 8.02. The van der Waals surface area contributed by atoms with Crippen molar-refractivity contribution in [1.29, 1.82) is 0 Å². The van der Waals surface area contributed by atoms with Crippen LogP contribution in [0.5, 0.6) is 0 Å². The van der Waals surface area contributed by atoms with Crippen LogP contribution in [0, 0.1) is 0 Å². The minimum Gasteiger partial charge on any atom is -0.443 e. The summed E-state index contributed by atoms with van der Waals surface area (Å²) in [5, 5.41) is 13.1. The number of carbonyl (C=O) groups is 2. The monoisotopic (exact) mass is 455 g/mol. The highest BCUT2D eigenvalue weighted by molar-refractivity contribution is 7.09. The number of thiazole rings is 1. The molecule has 1 aromatic heterocycles. The van der Waals surface area contributed by atoms with Crippen molar-refractivity contribution in [3.05, 3.63) is 88.4 Å². The first kappa shape index (κ1) is 23.2. The molecule has 0 fully saturated rings. The van der Waals surface area contributed by atoms with Gasteiger partial charge in [-0.1, -0.05) is 60.7 Å². The molecule has 168 valence electrons. The van der Waals surface area contributed by atoms with E-state index in [1.54, 1.807) is 11.7 Å². The maximum Gasteiger partial charge on any atom is 0.407 e. The Bertz CT molecular complexity index is 970. The fraction of sp³-hybridized carbons (Fsp3) is 0.261. The van der Waals surface area contributed by atoms with Crippen LogP contribution in [0.15, 0.2) is 72.4 Å². The highest BCUT2D eigenvalue weighted by atomic mass is 32.1. The van der Waals surface area contributed by atoms with Crippen molar-refractivity contribution in [2.24, 2.45) is 5.73 Å². The van der Waals surface area contributed by atoms with Gasteiger partial charge in [-0.15, -0.1) is 11.3 Å². The van der Waals surface area contributed by atoms with E-state index < -0.39 is 30.5 Å². The molecule has 4 N–H and O–H groups in total. The quantitative estimate of drug-likeness (QED) is 0.431.